The van der Waals surface area contributed by atoms with E-state index in [0.717, 1.165) is 38.4 Å². The number of hydrogen-bond donors (Lipinski definition) is 1. The van der Waals surface area contributed by atoms with Gasteiger partial charge in [0.05, 0.1) is 10.2 Å². The summed E-state index contributed by atoms with van der Waals surface area (Å²) in [6, 6.07) is 0. The Morgan fingerprint density at radius 1 is 1.28 bits per heavy atom. The van der Waals surface area contributed by atoms with Crippen LogP contribution in [0.2, 0.25) is 0 Å². The van der Waals surface area contributed by atoms with E-state index >= 15 is 0 Å². The normalized spacial score (nSPS) is 26.0. The third-order valence-electron chi connectivity index (χ3n) is 3.52. The summed E-state index contributed by atoms with van der Waals surface area (Å²) in [6.45, 7) is 4.09. The lowest BCUT2D eigenvalue weighted by molar-refractivity contribution is -0.132. The minimum atomic E-state index is 0.209. The molecule has 18 heavy (non-hydrogen) atoms. The molecule has 2 rings (SSSR count). The van der Waals surface area contributed by atoms with Gasteiger partial charge >= 0.3 is 0 Å². The second-order valence-electron chi connectivity index (χ2n) is 4.92. The fourth-order valence-electron chi connectivity index (χ4n) is 2.49. The van der Waals surface area contributed by atoms with Crippen LogP contribution >= 0.6 is 24.0 Å². The second-order valence-corrected chi connectivity index (χ2v) is 6.76. The van der Waals surface area contributed by atoms with Crippen molar-refractivity contribution in [1.29, 1.82) is 0 Å². The molecule has 1 unspecified atom stereocenters. The first kappa shape index (κ1) is 14.1. The van der Waals surface area contributed by atoms with Crippen molar-refractivity contribution in [3.63, 3.8) is 0 Å². The van der Waals surface area contributed by atoms with Crippen LogP contribution in [-0.4, -0.2) is 64.4 Å². The van der Waals surface area contributed by atoms with E-state index in [1.165, 1.54) is 12.8 Å². The molecule has 0 aromatic heterocycles. The molecular formula is C12H21N3OS2. The van der Waals surface area contributed by atoms with Crippen LogP contribution < -0.4 is 5.73 Å². The van der Waals surface area contributed by atoms with Gasteiger partial charge in [0.1, 0.15) is 0 Å². The van der Waals surface area contributed by atoms with Crippen LogP contribution in [0.3, 0.4) is 0 Å². The maximum atomic E-state index is 12.3. The van der Waals surface area contributed by atoms with Gasteiger partial charge in [-0.15, -0.1) is 11.8 Å². The Balaban J connectivity index is 1.78. The number of thioether (sulfide) groups is 1. The molecule has 4 nitrogen and oxygen atoms in total. The number of carbonyl (C=O) groups excluding carboxylic acids is 1. The van der Waals surface area contributed by atoms with E-state index in [1.807, 2.05) is 16.7 Å². The highest BCUT2D eigenvalue weighted by Gasteiger charge is 2.28. The molecule has 1 atom stereocenters. The lowest BCUT2D eigenvalue weighted by Crippen LogP contribution is -2.52. The molecule has 2 aliphatic heterocycles. The van der Waals surface area contributed by atoms with Gasteiger partial charge in [-0.2, -0.15) is 0 Å². The summed E-state index contributed by atoms with van der Waals surface area (Å²) < 4.78 is 0. The van der Waals surface area contributed by atoms with Crippen LogP contribution in [0, 0.1) is 0 Å². The van der Waals surface area contributed by atoms with Crippen LogP contribution in [0.15, 0.2) is 0 Å². The smallest absolute Gasteiger partial charge is 0.235 e. The summed E-state index contributed by atoms with van der Waals surface area (Å²) in [6.07, 6.45) is 3.51. The fraction of sp³-hybridized carbons (Fsp3) is 0.833. The highest BCUT2D eigenvalue weighted by Crippen LogP contribution is 2.26. The summed E-state index contributed by atoms with van der Waals surface area (Å²) in [7, 11) is 0. The molecule has 0 bridgehead atoms. The van der Waals surface area contributed by atoms with E-state index in [0.29, 0.717) is 17.4 Å². The topological polar surface area (TPSA) is 49.6 Å². The van der Waals surface area contributed by atoms with Crippen molar-refractivity contribution in [2.75, 3.05) is 38.5 Å². The Labute approximate surface area is 118 Å². The fourth-order valence-corrected chi connectivity index (χ4v) is 3.95. The Kier molecular flexibility index (Phi) is 5.26. The van der Waals surface area contributed by atoms with Gasteiger partial charge in [-0.1, -0.05) is 18.6 Å². The quantitative estimate of drug-likeness (QED) is 0.775. The lowest BCUT2D eigenvalue weighted by atomic mass is 10.1. The first-order valence-corrected chi connectivity index (χ1v) is 8.03. The second kappa shape index (κ2) is 6.73. The highest BCUT2D eigenvalue weighted by atomic mass is 32.2. The molecule has 102 valence electrons. The molecule has 2 fully saturated rings. The number of rotatable bonds is 3. The van der Waals surface area contributed by atoms with E-state index < -0.39 is 0 Å². The molecule has 0 spiro atoms. The van der Waals surface area contributed by atoms with Crippen molar-refractivity contribution in [3.05, 3.63) is 0 Å². The van der Waals surface area contributed by atoms with Gasteiger partial charge < -0.3 is 10.6 Å². The van der Waals surface area contributed by atoms with E-state index in [1.54, 1.807) is 0 Å². The zero-order valence-corrected chi connectivity index (χ0v) is 12.3. The van der Waals surface area contributed by atoms with E-state index in [9.17, 15) is 4.79 Å². The molecule has 0 saturated carbocycles. The van der Waals surface area contributed by atoms with Gasteiger partial charge in [-0.25, -0.2) is 0 Å². The zero-order valence-electron chi connectivity index (χ0n) is 10.6. The van der Waals surface area contributed by atoms with Crippen LogP contribution in [-0.2, 0) is 4.79 Å². The molecule has 2 aliphatic rings. The Hall–Kier alpha value is -0.330. The average molecular weight is 287 g/mol. The number of hydrogen-bond acceptors (Lipinski definition) is 4. The summed E-state index contributed by atoms with van der Waals surface area (Å²) in [5, 5.41) is 0.209. The van der Waals surface area contributed by atoms with E-state index in [-0.39, 0.29) is 5.25 Å². The van der Waals surface area contributed by atoms with Crippen molar-refractivity contribution in [1.82, 2.24) is 9.80 Å². The number of nitrogens with two attached hydrogens (primary N) is 1. The molecule has 2 heterocycles. The van der Waals surface area contributed by atoms with E-state index in [2.05, 4.69) is 4.90 Å². The zero-order chi connectivity index (χ0) is 13.0. The molecule has 6 heteroatoms. The molecule has 1 amide bonds. The van der Waals surface area contributed by atoms with Gasteiger partial charge in [0.15, 0.2) is 0 Å². The number of carbonyl (C=O) groups is 1. The van der Waals surface area contributed by atoms with Crippen LogP contribution in [0.4, 0.5) is 0 Å². The van der Waals surface area contributed by atoms with Crippen LogP contribution in [0.1, 0.15) is 19.3 Å². The Bertz CT molecular complexity index is 310. The third-order valence-corrected chi connectivity index (χ3v) is 5.01. The average Bonchev–Trinajstić information content (AvgIpc) is 2.39. The van der Waals surface area contributed by atoms with Crippen LogP contribution in [0.5, 0.6) is 0 Å². The molecule has 2 saturated heterocycles. The largest absolute Gasteiger partial charge is 0.392 e. The number of amides is 1. The van der Waals surface area contributed by atoms with Crippen molar-refractivity contribution in [2.24, 2.45) is 5.73 Å². The summed E-state index contributed by atoms with van der Waals surface area (Å²) >= 11 is 6.74. The first-order valence-electron chi connectivity index (χ1n) is 6.58. The molecule has 2 N–H and O–H groups in total. The van der Waals surface area contributed by atoms with Gasteiger partial charge in [-0.3, -0.25) is 9.69 Å². The minimum absolute atomic E-state index is 0.209. The molecule has 0 radical (unpaired) electrons. The maximum Gasteiger partial charge on any atom is 0.235 e. The van der Waals surface area contributed by atoms with Gasteiger partial charge in [0.2, 0.25) is 5.91 Å². The predicted molar refractivity (Wildman–Crippen MR) is 79.9 cm³/mol. The van der Waals surface area contributed by atoms with Crippen molar-refractivity contribution >= 4 is 34.9 Å². The monoisotopic (exact) mass is 287 g/mol. The number of nitrogens with zero attached hydrogens (tertiary/aromatic N) is 2. The Morgan fingerprint density at radius 3 is 2.56 bits per heavy atom. The Morgan fingerprint density at radius 2 is 2.00 bits per heavy atom. The molecular weight excluding hydrogens is 266 g/mol. The summed E-state index contributed by atoms with van der Waals surface area (Å²) in [4.78, 5) is 17.1. The van der Waals surface area contributed by atoms with E-state index in [4.69, 9.17) is 18.0 Å². The number of thiocarbonyl (C=S) groups is 1. The highest BCUT2D eigenvalue weighted by molar-refractivity contribution is 8.00. The maximum absolute atomic E-state index is 12.3. The van der Waals surface area contributed by atoms with Crippen molar-refractivity contribution < 1.29 is 4.79 Å². The standard InChI is InChI=1S/C12H21N3OS2/c13-11(17)9-14-4-6-15(7-5-14)12(16)10-3-1-2-8-18-10/h10H,1-9H2,(H2,13,17). The minimum Gasteiger partial charge on any atom is -0.392 e. The molecule has 0 aliphatic carbocycles. The third kappa shape index (κ3) is 3.83. The summed E-state index contributed by atoms with van der Waals surface area (Å²) in [5.41, 5.74) is 5.54. The lowest BCUT2D eigenvalue weighted by Gasteiger charge is -2.36. The van der Waals surface area contributed by atoms with Crippen molar-refractivity contribution in [2.45, 2.75) is 24.5 Å². The summed E-state index contributed by atoms with van der Waals surface area (Å²) in [5.74, 6) is 1.48. The predicted octanol–water partition coefficient (Wildman–Crippen LogP) is 0.702. The number of piperazine rings is 1. The van der Waals surface area contributed by atoms with Gasteiger partial charge in [0.25, 0.3) is 0 Å². The van der Waals surface area contributed by atoms with Crippen molar-refractivity contribution in [3.8, 4) is 0 Å². The SMILES string of the molecule is NC(=S)CN1CCN(C(=O)C2CCCCS2)CC1. The molecule has 0 aromatic rings. The van der Waals surface area contributed by atoms with Gasteiger partial charge in [-0.05, 0) is 18.6 Å². The first-order chi connectivity index (χ1) is 8.66. The molecule has 0 aromatic carbocycles. The van der Waals surface area contributed by atoms with Gasteiger partial charge in [0, 0.05) is 32.7 Å². The van der Waals surface area contributed by atoms with Crippen LogP contribution in [0.25, 0.3) is 0 Å².